The van der Waals surface area contributed by atoms with Gasteiger partial charge in [0.15, 0.2) is 11.9 Å². The number of likely N-dealkylation sites (tertiary alicyclic amines) is 1. The molecular weight excluding hydrogens is 706 g/mol. The highest BCUT2D eigenvalue weighted by atomic mass is 19.4. The second-order valence-electron chi connectivity index (χ2n) is 14.5. The zero-order valence-electron chi connectivity index (χ0n) is 29.3. The number of alkyl halides is 6. The van der Waals surface area contributed by atoms with Crippen LogP contribution in [0.3, 0.4) is 0 Å². The molecule has 3 aliphatic rings. The Balaban J connectivity index is 1.53. The number of anilines is 2. The first-order valence-corrected chi connectivity index (χ1v) is 17.0. The first-order chi connectivity index (χ1) is 24.3. The molecule has 2 saturated heterocycles. The van der Waals surface area contributed by atoms with Gasteiger partial charge in [-0.2, -0.15) is 36.3 Å². The molecule has 286 valence electrons. The van der Waals surface area contributed by atoms with Gasteiger partial charge in [-0.25, -0.2) is 13.8 Å². The first-order valence-electron chi connectivity index (χ1n) is 17.0. The number of hydrogen-bond acceptors (Lipinski definition) is 10. The second kappa shape index (κ2) is 13.9. The number of halogens is 8. The van der Waals surface area contributed by atoms with E-state index in [1.165, 1.54) is 11.8 Å². The van der Waals surface area contributed by atoms with Crippen LogP contribution in [0.5, 0.6) is 11.9 Å². The van der Waals surface area contributed by atoms with Crippen molar-refractivity contribution in [1.82, 2.24) is 25.2 Å². The van der Waals surface area contributed by atoms with E-state index in [-0.39, 0.29) is 49.3 Å². The van der Waals surface area contributed by atoms with Crippen LogP contribution in [-0.4, -0.2) is 97.8 Å². The molecule has 1 aromatic carbocycles. The third-order valence-corrected chi connectivity index (χ3v) is 9.93. The Kier molecular flexibility index (Phi) is 10.1. The van der Waals surface area contributed by atoms with E-state index in [1.807, 2.05) is 6.92 Å². The number of ether oxygens (including phenoxy) is 3. The van der Waals surface area contributed by atoms with E-state index in [0.717, 1.165) is 33.2 Å². The largest absolute Gasteiger partial charge is 0.464 e. The van der Waals surface area contributed by atoms with Gasteiger partial charge in [-0.3, -0.25) is 0 Å². The van der Waals surface area contributed by atoms with Gasteiger partial charge in [-0.1, -0.05) is 13.8 Å². The smallest absolute Gasteiger partial charge is 0.425 e. The summed E-state index contributed by atoms with van der Waals surface area (Å²) >= 11 is 0. The summed E-state index contributed by atoms with van der Waals surface area (Å²) in [4.78, 5) is 16.4. The Labute approximate surface area is 295 Å². The van der Waals surface area contributed by atoms with Crippen LogP contribution in [-0.2, 0) is 10.9 Å². The lowest BCUT2D eigenvalue weighted by Gasteiger charge is -2.55. The lowest BCUT2D eigenvalue weighted by molar-refractivity contribution is -0.210. The molecule has 4 atom stereocenters. The molecule has 2 fully saturated rings. The van der Waals surface area contributed by atoms with E-state index in [0.29, 0.717) is 12.6 Å². The monoisotopic (exact) mass is 747 g/mol. The number of pyridine rings is 1. The number of nitrogens with zero attached hydrogens (tertiary/aromatic N) is 5. The van der Waals surface area contributed by atoms with Gasteiger partial charge in [0, 0.05) is 68.6 Å². The Morgan fingerprint density at radius 2 is 1.79 bits per heavy atom. The van der Waals surface area contributed by atoms with Gasteiger partial charge in [0.05, 0.1) is 31.1 Å². The van der Waals surface area contributed by atoms with E-state index in [2.05, 4.69) is 25.2 Å². The minimum Gasteiger partial charge on any atom is -0.464 e. The molecule has 3 N–H and O–H groups in total. The van der Waals surface area contributed by atoms with Crippen LogP contribution < -0.4 is 25.4 Å². The SMILES string of the molecule is CCC1CNC(C)CN(C)c2nc(OCC(C)CN3CC4(COC4)C3)nc3c(F)c(-c4cc(N)c(F)c(C)c4C(F)(F)F)nc(c23)OC1C(F)(F)F. The zero-order valence-corrected chi connectivity index (χ0v) is 29.3. The zero-order chi connectivity index (χ0) is 37.9. The topological polar surface area (TPSA) is 111 Å². The molecule has 6 rings (SSSR count). The van der Waals surface area contributed by atoms with Crippen LogP contribution in [0.25, 0.3) is 22.2 Å². The summed E-state index contributed by atoms with van der Waals surface area (Å²) < 4.78 is 136. The standard InChI is InChI=1S/C34H41F8N7O3/c1-6-19-8-44-17(3)10-48(5)29-22-27(46-31(47-29)51-11-16(2)9-49-12-32(13-49)14-50-15-32)25(36)26(45-30(22)52-28(19)34(40,41)42)20-7-21(43)24(35)18(4)23(20)33(37,38)39/h7,16-17,19,28,44H,6,8-15,43H2,1-5H3. The molecule has 3 aliphatic heterocycles. The lowest BCUT2D eigenvalue weighted by Crippen LogP contribution is -2.66. The number of likely N-dealkylation sites (N-methyl/N-ethyl adjacent to an activating group) is 1. The number of nitrogens with two attached hydrogens (primary N) is 1. The van der Waals surface area contributed by atoms with Crippen LogP contribution >= 0.6 is 0 Å². The Bertz CT molecular complexity index is 1810. The van der Waals surface area contributed by atoms with Crippen LogP contribution in [0.15, 0.2) is 6.07 Å². The molecule has 0 bridgehead atoms. The van der Waals surface area contributed by atoms with Crippen molar-refractivity contribution in [3.63, 3.8) is 0 Å². The molecule has 2 aromatic heterocycles. The summed E-state index contributed by atoms with van der Waals surface area (Å²) in [5.74, 6) is -5.06. The van der Waals surface area contributed by atoms with E-state index in [4.69, 9.17) is 19.9 Å². The third-order valence-electron chi connectivity index (χ3n) is 9.93. The fourth-order valence-corrected chi connectivity index (χ4v) is 7.32. The molecule has 0 saturated carbocycles. The van der Waals surface area contributed by atoms with Gasteiger partial charge in [0.25, 0.3) is 0 Å². The minimum atomic E-state index is -5.25. The molecule has 4 unspecified atom stereocenters. The van der Waals surface area contributed by atoms with Gasteiger partial charge in [-0.05, 0) is 31.9 Å². The molecular formula is C34H41F8N7O3. The highest BCUT2D eigenvalue weighted by Gasteiger charge is 2.49. The second-order valence-corrected chi connectivity index (χ2v) is 14.5. The molecule has 0 aliphatic carbocycles. The highest BCUT2D eigenvalue weighted by Crippen LogP contribution is 2.46. The van der Waals surface area contributed by atoms with Crippen molar-refractivity contribution in [2.24, 2.45) is 17.3 Å². The molecule has 3 aromatic rings. The van der Waals surface area contributed by atoms with Crippen LogP contribution in [0.4, 0.5) is 46.6 Å². The summed E-state index contributed by atoms with van der Waals surface area (Å²) in [5.41, 5.74) is -0.191. The lowest BCUT2D eigenvalue weighted by atomic mass is 9.78. The Morgan fingerprint density at radius 1 is 1.10 bits per heavy atom. The number of rotatable bonds is 7. The quantitative estimate of drug-likeness (QED) is 0.221. The fourth-order valence-electron chi connectivity index (χ4n) is 7.32. The molecule has 52 heavy (non-hydrogen) atoms. The molecule has 0 radical (unpaired) electrons. The normalized spacial score (nSPS) is 23.1. The van der Waals surface area contributed by atoms with Crippen molar-refractivity contribution >= 4 is 22.4 Å². The van der Waals surface area contributed by atoms with Gasteiger partial charge in [0.1, 0.15) is 28.2 Å². The number of nitrogen functional groups attached to an aromatic ring is 1. The fraction of sp³-hybridized carbons (Fsp3) is 0.618. The number of benzene rings is 1. The van der Waals surface area contributed by atoms with E-state index in [9.17, 15) is 30.7 Å². The first kappa shape index (κ1) is 38.0. The van der Waals surface area contributed by atoms with Gasteiger partial charge >= 0.3 is 18.4 Å². The van der Waals surface area contributed by atoms with Gasteiger partial charge in [-0.15, -0.1) is 0 Å². The Morgan fingerprint density at radius 3 is 2.38 bits per heavy atom. The predicted octanol–water partition coefficient (Wildman–Crippen LogP) is 5.99. The van der Waals surface area contributed by atoms with Crippen LogP contribution in [0.1, 0.15) is 38.3 Å². The van der Waals surface area contributed by atoms with E-state index in [1.54, 1.807) is 14.0 Å². The van der Waals surface area contributed by atoms with Crippen molar-refractivity contribution < 1.29 is 49.3 Å². The number of hydrogen-bond donors (Lipinski definition) is 2. The summed E-state index contributed by atoms with van der Waals surface area (Å²) in [7, 11) is 1.56. The van der Waals surface area contributed by atoms with Crippen molar-refractivity contribution in [2.45, 2.75) is 58.6 Å². The third kappa shape index (κ3) is 7.25. The number of aromatic nitrogens is 3. The number of nitrogens with one attached hydrogen (secondary N) is 1. The maximum absolute atomic E-state index is 16.9. The molecule has 10 nitrogen and oxygen atoms in total. The minimum absolute atomic E-state index is 0.0106. The van der Waals surface area contributed by atoms with Crippen molar-refractivity contribution in [2.75, 3.05) is 70.2 Å². The van der Waals surface area contributed by atoms with Crippen LogP contribution in [0.2, 0.25) is 0 Å². The molecule has 1 spiro atoms. The average Bonchev–Trinajstić information content (AvgIpc) is 3.03. The maximum Gasteiger partial charge on any atom is 0.425 e. The predicted molar refractivity (Wildman–Crippen MR) is 176 cm³/mol. The molecule has 5 heterocycles. The molecule has 0 amide bonds. The molecule has 18 heteroatoms. The maximum atomic E-state index is 16.9. The summed E-state index contributed by atoms with van der Waals surface area (Å²) in [5, 5.41) is 2.68. The average molecular weight is 748 g/mol. The summed E-state index contributed by atoms with van der Waals surface area (Å²) in [6, 6.07) is -0.220. The van der Waals surface area contributed by atoms with E-state index < -0.39 is 86.9 Å². The Hall–Kier alpha value is -3.77. The van der Waals surface area contributed by atoms with Crippen molar-refractivity contribution in [3.05, 3.63) is 28.8 Å². The van der Waals surface area contributed by atoms with Crippen LogP contribution in [0, 0.1) is 35.8 Å². The van der Waals surface area contributed by atoms with Gasteiger partial charge < -0.3 is 35.1 Å². The summed E-state index contributed by atoms with van der Waals surface area (Å²) in [6.45, 7) is 9.95. The van der Waals surface area contributed by atoms with Crippen molar-refractivity contribution in [3.8, 4) is 23.1 Å². The highest BCUT2D eigenvalue weighted by molar-refractivity contribution is 5.97. The van der Waals surface area contributed by atoms with Gasteiger partial charge in [0.2, 0.25) is 5.88 Å². The van der Waals surface area contributed by atoms with Crippen molar-refractivity contribution in [1.29, 1.82) is 0 Å². The van der Waals surface area contributed by atoms with E-state index >= 15 is 4.39 Å². The summed E-state index contributed by atoms with van der Waals surface area (Å²) in [6.07, 6.45) is -12.8.